The van der Waals surface area contributed by atoms with E-state index in [1.807, 2.05) is 0 Å². The van der Waals surface area contributed by atoms with E-state index in [9.17, 15) is 19.2 Å². The van der Waals surface area contributed by atoms with Gasteiger partial charge in [0.05, 0.1) is 0 Å². The number of benzene rings is 1. The molecule has 3 aromatic rings. The molecule has 0 unspecified atom stereocenters. The van der Waals surface area contributed by atoms with Gasteiger partial charge in [0.15, 0.2) is 11.2 Å². The fourth-order valence-corrected chi connectivity index (χ4v) is 2.05. The maximum absolute atomic E-state index is 11.7. The SMILES string of the molecule is Cc1c2oc(=O)ccc(=O)oc2c(N)c2oc(=O)ccc(=O)oc12. The summed E-state index contributed by atoms with van der Waals surface area (Å²) in [5.74, 6) is 0. The summed E-state index contributed by atoms with van der Waals surface area (Å²) in [4.78, 5) is 46.6. The molecule has 24 heavy (non-hydrogen) atoms. The third-order valence-electron chi connectivity index (χ3n) is 3.10. The van der Waals surface area contributed by atoms with Crippen molar-refractivity contribution in [2.75, 3.05) is 5.73 Å². The van der Waals surface area contributed by atoms with Gasteiger partial charge in [-0.25, -0.2) is 19.2 Å². The molecule has 0 aliphatic carbocycles. The highest BCUT2D eigenvalue weighted by molar-refractivity contribution is 6.02. The fourth-order valence-electron chi connectivity index (χ4n) is 2.05. The van der Waals surface area contributed by atoms with E-state index >= 15 is 0 Å². The summed E-state index contributed by atoms with van der Waals surface area (Å²) in [6, 6.07) is 3.44. The van der Waals surface area contributed by atoms with E-state index < -0.39 is 22.5 Å². The number of hydrogen-bond donors (Lipinski definition) is 1. The number of aryl methyl sites for hydroxylation is 1. The molecule has 0 bridgehead atoms. The fraction of sp³-hybridized carbons (Fsp3) is 0.0667. The van der Waals surface area contributed by atoms with Crippen molar-refractivity contribution in [2.45, 2.75) is 6.92 Å². The van der Waals surface area contributed by atoms with Crippen LogP contribution < -0.4 is 28.2 Å². The quantitative estimate of drug-likeness (QED) is 0.591. The van der Waals surface area contributed by atoms with Crippen molar-refractivity contribution in [1.29, 1.82) is 0 Å². The van der Waals surface area contributed by atoms with Crippen LogP contribution in [0.3, 0.4) is 0 Å². The van der Waals surface area contributed by atoms with E-state index in [1.54, 1.807) is 0 Å². The van der Waals surface area contributed by atoms with Gasteiger partial charge in [0, 0.05) is 29.8 Å². The normalized spacial score (nSPS) is 10.7. The van der Waals surface area contributed by atoms with Crippen molar-refractivity contribution in [2.24, 2.45) is 0 Å². The Morgan fingerprint density at radius 3 is 1.25 bits per heavy atom. The van der Waals surface area contributed by atoms with Gasteiger partial charge in [-0.1, -0.05) is 0 Å². The molecular weight excluding hydrogens is 322 g/mol. The molecule has 0 saturated carbocycles. The molecule has 2 N–H and O–H groups in total. The summed E-state index contributed by atoms with van der Waals surface area (Å²) in [6.07, 6.45) is 0. The second kappa shape index (κ2) is 5.54. The second-order valence-electron chi connectivity index (χ2n) is 4.71. The predicted molar refractivity (Wildman–Crippen MR) is 82.4 cm³/mol. The minimum Gasteiger partial charge on any atom is -0.419 e. The van der Waals surface area contributed by atoms with Crippen LogP contribution in [0.1, 0.15) is 5.56 Å². The van der Waals surface area contributed by atoms with Crippen molar-refractivity contribution in [3.8, 4) is 0 Å². The molecule has 0 amide bonds. The number of fused-ring (bicyclic) bond motifs is 2. The molecule has 0 atom stereocenters. The van der Waals surface area contributed by atoms with E-state index in [0.717, 1.165) is 24.3 Å². The minimum atomic E-state index is -0.881. The molecule has 0 spiro atoms. The first-order chi connectivity index (χ1) is 11.4. The first kappa shape index (κ1) is 15.3. The Morgan fingerprint density at radius 1 is 0.625 bits per heavy atom. The predicted octanol–water partition coefficient (Wildman–Crippen LogP) is 0.821. The van der Waals surface area contributed by atoms with Gasteiger partial charge in [0.1, 0.15) is 5.69 Å². The molecule has 122 valence electrons. The highest BCUT2D eigenvalue weighted by Crippen LogP contribution is 2.31. The standard InChI is InChI=1S/C15H9NO8/c1-6-12-14(23-9(19)4-2-7(17)21-12)11(16)15-13(6)22-8(18)3-5-10(20)24-15/h2-5H,16H2,1H3. The first-order valence-corrected chi connectivity index (χ1v) is 6.56. The Kier molecular flexibility index (Phi) is 3.53. The van der Waals surface area contributed by atoms with Crippen LogP contribution in [0.4, 0.5) is 5.69 Å². The van der Waals surface area contributed by atoms with Crippen LogP contribution in [-0.2, 0) is 0 Å². The smallest absolute Gasteiger partial charge is 0.336 e. The Hall–Kier alpha value is -3.62. The zero-order valence-corrected chi connectivity index (χ0v) is 12.2. The van der Waals surface area contributed by atoms with E-state index in [-0.39, 0.29) is 33.6 Å². The molecule has 0 aliphatic rings. The lowest BCUT2D eigenvalue weighted by molar-refractivity contribution is 0.503. The van der Waals surface area contributed by atoms with Crippen molar-refractivity contribution >= 4 is 28.0 Å². The molecule has 3 rings (SSSR count). The van der Waals surface area contributed by atoms with Crippen LogP contribution in [0.25, 0.3) is 22.3 Å². The molecule has 9 heteroatoms. The number of rotatable bonds is 0. The Balaban J connectivity index is 2.81. The molecule has 9 nitrogen and oxygen atoms in total. The van der Waals surface area contributed by atoms with Gasteiger partial charge in [-0.05, 0) is 6.92 Å². The van der Waals surface area contributed by atoms with Crippen molar-refractivity contribution in [1.82, 2.24) is 0 Å². The lowest BCUT2D eigenvalue weighted by atomic mass is 10.1. The zero-order chi connectivity index (χ0) is 17.4. The Morgan fingerprint density at radius 2 is 0.917 bits per heavy atom. The molecular formula is C15H9NO8. The molecule has 1 aromatic carbocycles. The average molecular weight is 331 g/mol. The monoisotopic (exact) mass is 331 g/mol. The van der Waals surface area contributed by atoms with Crippen LogP contribution in [-0.4, -0.2) is 0 Å². The molecule has 0 fully saturated rings. The van der Waals surface area contributed by atoms with E-state index in [4.69, 9.17) is 23.4 Å². The summed E-state index contributed by atoms with van der Waals surface area (Å²) in [6.45, 7) is 1.41. The van der Waals surface area contributed by atoms with Gasteiger partial charge < -0.3 is 23.4 Å². The third kappa shape index (κ3) is 2.58. The van der Waals surface area contributed by atoms with Gasteiger partial charge in [-0.3, -0.25) is 0 Å². The highest BCUT2D eigenvalue weighted by Gasteiger charge is 2.17. The van der Waals surface area contributed by atoms with Crippen LogP contribution in [0.15, 0.2) is 61.1 Å². The summed E-state index contributed by atoms with van der Waals surface area (Å²) < 4.78 is 20.2. The topological polar surface area (TPSA) is 147 Å². The molecule has 0 aliphatic heterocycles. The molecule has 0 radical (unpaired) electrons. The summed E-state index contributed by atoms with van der Waals surface area (Å²) in [7, 11) is 0. The van der Waals surface area contributed by atoms with E-state index in [2.05, 4.69) is 0 Å². The van der Waals surface area contributed by atoms with E-state index in [1.165, 1.54) is 6.92 Å². The zero-order valence-electron chi connectivity index (χ0n) is 12.2. The van der Waals surface area contributed by atoms with Crippen LogP contribution >= 0.6 is 0 Å². The Bertz CT molecular complexity index is 1060. The number of anilines is 1. The van der Waals surface area contributed by atoms with Gasteiger partial charge in [-0.15, -0.1) is 0 Å². The Labute approximate surface area is 130 Å². The van der Waals surface area contributed by atoms with Crippen LogP contribution in [0.2, 0.25) is 0 Å². The summed E-state index contributed by atoms with van der Waals surface area (Å²) >= 11 is 0. The van der Waals surface area contributed by atoms with Gasteiger partial charge in [0.2, 0.25) is 11.2 Å². The van der Waals surface area contributed by atoms with Crippen molar-refractivity contribution in [3.05, 3.63) is 71.5 Å². The van der Waals surface area contributed by atoms with Crippen LogP contribution in [0, 0.1) is 6.92 Å². The van der Waals surface area contributed by atoms with E-state index in [0.29, 0.717) is 0 Å². The number of hydrogen-bond acceptors (Lipinski definition) is 9. The summed E-state index contributed by atoms with van der Waals surface area (Å²) in [5.41, 5.74) is 1.06. The highest BCUT2D eigenvalue weighted by atomic mass is 16.4. The largest absolute Gasteiger partial charge is 0.419 e. The van der Waals surface area contributed by atoms with Crippen molar-refractivity contribution in [3.63, 3.8) is 0 Å². The minimum absolute atomic E-state index is 0.0853. The van der Waals surface area contributed by atoms with Gasteiger partial charge >= 0.3 is 22.5 Å². The second-order valence-corrected chi connectivity index (χ2v) is 4.71. The lowest BCUT2D eigenvalue weighted by Crippen LogP contribution is -2.05. The number of nitrogen functional groups attached to an aromatic ring is 1. The maximum atomic E-state index is 11.7. The lowest BCUT2D eigenvalue weighted by Gasteiger charge is -2.03. The van der Waals surface area contributed by atoms with Crippen molar-refractivity contribution < 1.29 is 17.7 Å². The first-order valence-electron chi connectivity index (χ1n) is 6.56. The maximum Gasteiger partial charge on any atom is 0.336 e. The molecule has 0 saturated heterocycles. The van der Waals surface area contributed by atoms with Crippen LogP contribution in [0.5, 0.6) is 0 Å². The summed E-state index contributed by atoms with van der Waals surface area (Å²) in [5, 5.41) is 0. The third-order valence-corrected chi connectivity index (χ3v) is 3.10. The van der Waals surface area contributed by atoms with Gasteiger partial charge in [0.25, 0.3) is 0 Å². The molecule has 2 heterocycles. The number of nitrogens with two attached hydrogens (primary N) is 1. The average Bonchev–Trinajstić information content (AvgIpc) is 2.52. The molecule has 2 aromatic heterocycles. The van der Waals surface area contributed by atoms with Gasteiger partial charge in [-0.2, -0.15) is 0 Å².